The van der Waals surface area contributed by atoms with Crippen LogP contribution in [0.4, 0.5) is 4.39 Å². The zero-order valence-electron chi connectivity index (χ0n) is 9.24. The molecule has 0 aromatic heterocycles. The van der Waals surface area contributed by atoms with Gasteiger partial charge in [-0.2, -0.15) is 11.8 Å². The molecular formula is C11H14FNO2S. The van der Waals surface area contributed by atoms with Gasteiger partial charge in [0.2, 0.25) is 0 Å². The molecule has 1 aromatic carbocycles. The molecule has 0 atom stereocenters. The van der Waals surface area contributed by atoms with Crippen molar-refractivity contribution in [3.63, 3.8) is 0 Å². The van der Waals surface area contributed by atoms with E-state index >= 15 is 0 Å². The summed E-state index contributed by atoms with van der Waals surface area (Å²) >= 11 is 1.67. The maximum absolute atomic E-state index is 13.0. The zero-order chi connectivity index (χ0) is 12.0. The second-order valence-electron chi connectivity index (χ2n) is 3.17. The highest BCUT2D eigenvalue weighted by atomic mass is 32.2. The smallest absolute Gasteiger partial charge is 0.128 e. The van der Waals surface area contributed by atoms with Crippen molar-refractivity contribution in [1.82, 2.24) is 0 Å². The number of ether oxygens (including phenoxy) is 1. The number of benzene rings is 1. The van der Waals surface area contributed by atoms with E-state index < -0.39 is 0 Å². The van der Waals surface area contributed by atoms with E-state index in [0.717, 1.165) is 5.75 Å². The highest BCUT2D eigenvalue weighted by Crippen LogP contribution is 2.20. The molecule has 0 fully saturated rings. The summed E-state index contributed by atoms with van der Waals surface area (Å²) in [5.41, 5.74) is 0.808. The molecule has 5 heteroatoms. The molecule has 16 heavy (non-hydrogen) atoms. The Bertz CT molecular complexity index is 382. The average molecular weight is 243 g/mol. The van der Waals surface area contributed by atoms with Gasteiger partial charge in [0.1, 0.15) is 11.6 Å². The van der Waals surface area contributed by atoms with Gasteiger partial charge in [-0.1, -0.05) is 5.16 Å². The van der Waals surface area contributed by atoms with Crippen LogP contribution in [0, 0.1) is 5.82 Å². The second kappa shape index (κ2) is 6.37. The number of halogens is 1. The monoisotopic (exact) mass is 243 g/mol. The van der Waals surface area contributed by atoms with Gasteiger partial charge in [-0.25, -0.2) is 4.39 Å². The Balaban J connectivity index is 2.89. The van der Waals surface area contributed by atoms with E-state index in [0.29, 0.717) is 23.6 Å². The predicted octanol–water partition coefficient (Wildman–Crippen LogP) is 2.77. The molecule has 0 aliphatic rings. The third-order valence-electron chi connectivity index (χ3n) is 2.03. The van der Waals surface area contributed by atoms with Crippen LogP contribution in [0.5, 0.6) is 5.75 Å². The van der Waals surface area contributed by atoms with E-state index in [2.05, 4.69) is 5.16 Å². The number of thioether (sulfide) groups is 1. The van der Waals surface area contributed by atoms with Crippen molar-refractivity contribution in [1.29, 1.82) is 0 Å². The first-order valence-electron chi connectivity index (χ1n) is 4.79. The average Bonchev–Trinajstić information content (AvgIpc) is 2.30. The van der Waals surface area contributed by atoms with Gasteiger partial charge in [0.15, 0.2) is 0 Å². The Labute approximate surface area is 98.3 Å². The fraction of sp³-hybridized carbons (Fsp3) is 0.364. The lowest BCUT2D eigenvalue weighted by Gasteiger charge is -2.10. The lowest BCUT2D eigenvalue weighted by Crippen LogP contribution is -2.05. The summed E-state index contributed by atoms with van der Waals surface area (Å²) in [5.74, 6) is 1.01. The molecule has 0 saturated heterocycles. The van der Waals surface area contributed by atoms with Crippen LogP contribution in [0.1, 0.15) is 12.5 Å². The van der Waals surface area contributed by atoms with Crippen molar-refractivity contribution >= 4 is 17.5 Å². The SMILES string of the molecule is CSCCOc1ccc(F)cc1/C(C)=N/O. The summed E-state index contributed by atoms with van der Waals surface area (Å²) in [6.45, 7) is 2.13. The van der Waals surface area contributed by atoms with E-state index in [1.165, 1.54) is 12.1 Å². The quantitative estimate of drug-likeness (QED) is 0.374. The minimum atomic E-state index is -0.379. The molecule has 1 N–H and O–H groups in total. The lowest BCUT2D eigenvalue weighted by molar-refractivity contribution is 0.317. The van der Waals surface area contributed by atoms with Crippen molar-refractivity contribution in [3.05, 3.63) is 29.6 Å². The first-order valence-corrected chi connectivity index (χ1v) is 6.18. The van der Waals surface area contributed by atoms with E-state index in [1.807, 2.05) is 6.26 Å². The van der Waals surface area contributed by atoms with Crippen molar-refractivity contribution in [3.8, 4) is 5.75 Å². The number of nitrogens with zero attached hydrogens (tertiary/aromatic N) is 1. The van der Waals surface area contributed by atoms with Gasteiger partial charge < -0.3 is 9.94 Å². The van der Waals surface area contributed by atoms with Gasteiger partial charge in [-0.15, -0.1) is 0 Å². The maximum Gasteiger partial charge on any atom is 0.128 e. The Morgan fingerprint density at radius 3 is 2.94 bits per heavy atom. The van der Waals surface area contributed by atoms with E-state index in [4.69, 9.17) is 9.94 Å². The van der Waals surface area contributed by atoms with Gasteiger partial charge in [0, 0.05) is 11.3 Å². The molecule has 0 radical (unpaired) electrons. The van der Waals surface area contributed by atoms with Crippen LogP contribution >= 0.6 is 11.8 Å². The predicted molar refractivity (Wildman–Crippen MR) is 64.3 cm³/mol. The van der Waals surface area contributed by atoms with Crippen LogP contribution < -0.4 is 4.74 Å². The van der Waals surface area contributed by atoms with E-state index in [-0.39, 0.29) is 5.82 Å². The molecule has 0 aliphatic carbocycles. The highest BCUT2D eigenvalue weighted by Gasteiger charge is 2.08. The van der Waals surface area contributed by atoms with Crippen LogP contribution in [0.3, 0.4) is 0 Å². The minimum absolute atomic E-state index is 0.332. The van der Waals surface area contributed by atoms with Gasteiger partial charge in [0.25, 0.3) is 0 Å². The second-order valence-corrected chi connectivity index (χ2v) is 4.15. The van der Waals surface area contributed by atoms with Crippen molar-refractivity contribution in [2.75, 3.05) is 18.6 Å². The molecule has 0 bridgehead atoms. The van der Waals surface area contributed by atoms with Gasteiger partial charge in [0.05, 0.1) is 12.3 Å². The summed E-state index contributed by atoms with van der Waals surface area (Å²) in [6, 6.07) is 4.16. The minimum Gasteiger partial charge on any atom is -0.492 e. The largest absolute Gasteiger partial charge is 0.492 e. The number of hydrogen-bond acceptors (Lipinski definition) is 4. The molecule has 1 aromatic rings. The van der Waals surface area contributed by atoms with Crippen LogP contribution in [0.15, 0.2) is 23.4 Å². The fourth-order valence-corrected chi connectivity index (χ4v) is 1.45. The van der Waals surface area contributed by atoms with E-state index in [9.17, 15) is 4.39 Å². The van der Waals surface area contributed by atoms with Crippen molar-refractivity contribution < 1.29 is 14.3 Å². The van der Waals surface area contributed by atoms with Gasteiger partial charge in [-0.05, 0) is 31.4 Å². The fourth-order valence-electron chi connectivity index (χ4n) is 1.20. The van der Waals surface area contributed by atoms with Gasteiger partial charge in [-0.3, -0.25) is 0 Å². The van der Waals surface area contributed by atoms with Crippen LogP contribution in [0.25, 0.3) is 0 Å². The summed E-state index contributed by atoms with van der Waals surface area (Å²) in [6.07, 6.45) is 1.98. The van der Waals surface area contributed by atoms with Crippen LogP contribution in [-0.4, -0.2) is 29.5 Å². The van der Waals surface area contributed by atoms with Crippen molar-refractivity contribution in [2.24, 2.45) is 5.16 Å². The van der Waals surface area contributed by atoms with Crippen molar-refractivity contribution in [2.45, 2.75) is 6.92 Å². The molecule has 0 amide bonds. The number of hydrogen-bond donors (Lipinski definition) is 1. The molecule has 0 aliphatic heterocycles. The highest BCUT2D eigenvalue weighted by molar-refractivity contribution is 7.98. The molecular weight excluding hydrogens is 229 g/mol. The molecule has 0 unspecified atom stereocenters. The first-order chi connectivity index (χ1) is 7.69. The number of oxime groups is 1. The third-order valence-corrected chi connectivity index (χ3v) is 2.60. The van der Waals surface area contributed by atoms with E-state index in [1.54, 1.807) is 24.8 Å². The van der Waals surface area contributed by atoms with Gasteiger partial charge >= 0.3 is 0 Å². The van der Waals surface area contributed by atoms with Crippen LogP contribution in [-0.2, 0) is 0 Å². The zero-order valence-corrected chi connectivity index (χ0v) is 10.1. The Morgan fingerprint density at radius 2 is 2.31 bits per heavy atom. The normalized spacial score (nSPS) is 11.6. The topological polar surface area (TPSA) is 41.8 Å². The number of rotatable bonds is 5. The standard InChI is InChI=1S/C11H14FNO2S/c1-8(13-14)10-7-9(12)3-4-11(10)15-5-6-16-2/h3-4,7,14H,5-6H2,1-2H3/b13-8+. The maximum atomic E-state index is 13.0. The molecule has 3 nitrogen and oxygen atoms in total. The molecule has 88 valence electrons. The summed E-state index contributed by atoms with van der Waals surface area (Å²) < 4.78 is 18.5. The molecule has 0 saturated carbocycles. The Hall–Kier alpha value is -1.23. The first kappa shape index (κ1) is 12.8. The summed E-state index contributed by atoms with van der Waals surface area (Å²) in [7, 11) is 0. The molecule has 1 rings (SSSR count). The summed E-state index contributed by atoms with van der Waals surface area (Å²) in [5, 5.41) is 11.7. The Kier molecular flexibility index (Phi) is 5.11. The lowest BCUT2D eigenvalue weighted by atomic mass is 10.1. The van der Waals surface area contributed by atoms with Crippen LogP contribution in [0.2, 0.25) is 0 Å². The summed E-state index contributed by atoms with van der Waals surface area (Å²) in [4.78, 5) is 0. The Morgan fingerprint density at radius 1 is 1.56 bits per heavy atom. The molecule has 0 heterocycles. The third kappa shape index (κ3) is 3.41. The molecule has 0 spiro atoms.